The van der Waals surface area contributed by atoms with Crippen molar-refractivity contribution in [1.82, 2.24) is 15.1 Å². The van der Waals surface area contributed by atoms with Crippen molar-refractivity contribution in [3.05, 3.63) is 0 Å². The maximum absolute atomic E-state index is 3.62. The van der Waals surface area contributed by atoms with E-state index in [4.69, 9.17) is 0 Å². The largest absolute Gasteiger partial charge is 0.312 e. The van der Waals surface area contributed by atoms with E-state index in [1.807, 2.05) is 0 Å². The van der Waals surface area contributed by atoms with E-state index < -0.39 is 0 Å². The Morgan fingerprint density at radius 1 is 1.32 bits per heavy atom. The van der Waals surface area contributed by atoms with Gasteiger partial charge in [-0.25, -0.2) is 0 Å². The molecule has 0 bridgehead atoms. The molecule has 0 saturated carbocycles. The summed E-state index contributed by atoms with van der Waals surface area (Å²) in [5.41, 5.74) is 0.322. The Morgan fingerprint density at radius 3 is 2.79 bits per heavy atom. The molecule has 0 radical (unpaired) electrons. The van der Waals surface area contributed by atoms with Crippen LogP contribution in [0.1, 0.15) is 46.0 Å². The van der Waals surface area contributed by atoms with Crippen molar-refractivity contribution in [2.45, 2.75) is 57.5 Å². The molecular weight excluding hydrogens is 234 g/mol. The molecule has 0 aromatic carbocycles. The van der Waals surface area contributed by atoms with Crippen LogP contribution in [0.3, 0.4) is 0 Å². The van der Waals surface area contributed by atoms with Crippen LogP contribution in [0.25, 0.3) is 0 Å². The van der Waals surface area contributed by atoms with Gasteiger partial charge in [-0.05, 0) is 85.6 Å². The van der Waals surface area contributed by atoms with Crippen molar-refractivity contribution in [1.29, 1.82) is 0 Å². The topological polar surface area (TPSA) is 18.5 Å². The van der Waals surface area contributed by atoms with Crippen LogP contribution in [0, 0.1) is 5.92 Å². The van der Waals surface area contributed by atoms with Gasteiger partial charge in [-0.15, -0.1) is 0 Å². The minimum absolute atomic E-state index is 0.322. The number of hydrogen-bond acceptors (Lipinski definition) is 3. The molecule has 2 saturated heterocycles. The van der Waals surface area contributed by atoms with E-state index in [9.17, 15) is 0 Å². The molecule has 112 valence electrons. The standard InChI is InChI=1S/C16H33N3/c1-16(2)12-15(7-9-17-16)19(4)11-8-14-6-5-10-18(3)13-14/h14-15,17H,5-13H2,1-4H3. The monoisotopic (exact) mass is 267 g/mol. The molecule has 2 atom stereocenters. The molecule has 3 heteroatoms. The molecule has 2 aliphatic rings. The van der Waals surface area contributed by atoms with Crippen LogP contribution in [0.5, 0.6) is 0 Å². The van der Waals surface area contributed by atoms with Crippen LogP contribution in [-0.2, 0) is 0 Å². The molecule has 0 spiro atoms. The van der Waals surface area contributed by atoms with Crippen molar-refractivity contribution in [3.63, 3.8) is 0 Å². The lowest BCUT2D eigenvalue weighted by Gasteiger charge is -2.41. The van der Waals surface area contributed by atoms with Crippen LogP contribution in [-0.4, -0.2) is 61.7 Å². The molecule has 1 N–H and O–H groups in total. The van der Waals surface area contributed by atoms with Gasteiger partial charge in [-0.2, -0.15) is 0 Å². The maximum Gasteiger partial charge on any atom is 0.0140 e. The van der Waals surface area contributed by atoms with Gasteiger partial charge in [0.1, 0.15) is 0 Å². The average molecular weight is 267 g/mol. The first-order valence-electron chi connectivity index (χ1n) is 8.10. The molecular formula is C16H33N3. The Bertz CT molecular complexity index is 277. The smallest absolute Gasteiger partial charge is 0.0140 e. The summed E-state index contributed by atoms with van der Waals surface area (Å²) in [7, 11) is 4.60. The van der Waals surface area contributed by atoms with Crippen LogP contribution >= 0.6 is 0 Å². The summed E-state index contributed by atoms with van der Waals surface area (Å²) in [6.45, 7) is 9.74. The van der Waals surface area contributed by atoms with Gasteiger partial charge in [-0.1, -0.05) is 0 Å². The van der Waals surface area contributed by atoms with E-state index in [0.717, 1.165) is 12.0 Å². The Hall–Kier alpha value is -0.120. The predicted octanol–water partition coefficient (Wildman–Crippen LogP) is 2.18. The highest BCUT2D eigenvalue weighted by Gasteiger charge is 2.29. The first-order chi connectivity index (χ1) is 8.96. The van der Waals surface area contributed by atoms with E-state index in [2.05, 4.69) is 43.1 Å². The van der Waals surface area contributed by atoms with Gasteiger partial charge < -0.3 is 15.1 Å². The van der Waals surface area contributed by atoms with Crippen molar-refractivity contribution in [3.8, 4) is 0 Å². The van der Waals surface area contributed by atoms with Crippen molar-refractivity contribution in [2.24, 2.45) is 5.92 Å². The van der Waals surface area contributed by atoms with Gasteiger partial charge in [0, 0.05) is 18.1 Å². The normalized spacial score (nSPS) is 32.7. The third-order valence-electron chi connectivity index (χ3n) is 5.06. The minimum atomic E-state index is 0.322. The molecule has 19 heavy (non-hydrogen) atoms. The number of rotatable bonds is 4. The van der Waals surface area contributed by atoms with Gasteiger partial charge in [0.05, 0.1) is 0 Å². The van der Waals surface area contributed by atoms with E-state index in [1.165, 1.54) is 58.3 Å². The third-order valence-corrected chi connectivity index (χ3v) is 5.06. The SMILES string of the molecule is CN1CCCC(CCN(C)C2CCNC(C)(C)C2)C1. The number of hydrogen-bond donors (Lipinski definition) is 1. The van der Waals surface area contributed by atoms with Crippen LogP contribution < -0.4 is 5.32 Å². The van der Waals surface area contributed by atoms with E-state index in [0.29, 0.717) is 5.54 Å². The lowest BCUT2D eigenvalue weighted by molar-refractivity contribution is 0.125. The summed E-state index contributed by atoms with van der Waals surface area (Å²) < 4.78 is 0. The van der Waals surface area contributed by atoms with E-state index >= 15 is 0 Å². The van der Waals surface area contributed by atoms with Gasteiger partial charge in [0.2, 0.25) is 0 Å². The Balaban J connectivity index is 1.73. The third kappa shape index (κ3) is 4.73. The summed E-state index contributed by atoms with van der Waals surface area (Å²) >= 11 is 0. The second-order valence-electron chi connectivity index (χ2n) is 7.50. The predicted molar refractivity (Wildman–Crippen MR) is 82.6 cm³/mol. The van der Waals surface area contributed by atoms with E-state index in [1.54, 1.807) is 0 Å². The van der Waals surface area contributed by atoms with Gasteiger partial charge in [0.25, 0.3) is 0 Å². The molecule has 0 aromatic rings. The Kier molecular flexibility index (Phi) is 5.27. The van der Waals surface area contributed by atoms with Gasteiger partial charge >= 0.3 is 0 Å². The lowest BCUT2D eigenvalue weighted by Crippen LogP contribution is -2.52. The average Bonchev–Trinajstić information content (AvgIpc) is 2.35. The zero-order valence-electron chi connectivity index (χ0n) is 13.4. The highest BCUT2D eigenvalue weighted by atomic mass is 15.2. The minimum Gasteiger partial charge on any atom is -0.312 e. The maximum atomic E-state index is 3.62. The van der Waals surface area contributed by atoms with Crippen LogP contribution in [0.15, 0.2) is 0 Å². The molecule has 2 heterocycles. The zero-order valence-corrected chi connectivity index (χ0v) is 13.4. The lowest BCUT2D eigenvalue weighted by atomic mass is 9.88. The quantitative estimate of drug-likeness (QED) is 0.842. The number of piperidine rings is 2. The molecule has 2 aliphatic heterocycles. The molecule has 3 nitrogen and oxygen atoms in total. The van der Waals surface area contributed by atoms with Crippen molar-refractivity contribution in [2.75, 3.05) is 40.3 Å². The first-order valence-corrected chi connectivity index (χ1v) is 8.10. The molecule has 2 unspecified atom stereocenters. The molecule has 2 fully saturated rings. The fraction of sp³-hybridized carbons (Fsp3) is 1.00. The molecule has 0 aliphatic carbocycles. The summed E-state index contributed by atoms with van der Waals surface area (Å²) in [4.78, 5) is 5.12. The van der Waals surface area contributed by atoms with Gasteiger partial charge in [0.15, 0.2) is 0 Å². The first kappa shape index (κ1) is 15.3. The van der Waals surface area contributed by atoms with E-state index in [-0.39, 0.29) is 0 Å². The Labute approximate surface area is 119 Å². The van der Waals surface area contributed by atoms with Crippen molar-refractivity contribution < 1.29 is 0 Å². The molecule has 0 aromatic heterocycles. The van der Waals surface area contributed by atoms with Crippen LogP contribution in [0.4, 0.5) is 0 Å². The fourth-order valence-corrected chi connectivity index (χ4v) is 3.79. The highest BCUT2D eigenvalue weighted by molar-refractivity contribution is 4.90. The number of likely N-dealkylation sites (tertiary alicyclic amines) is 1. The van der Waals surface area contributed by atoms with Crippen molar-refractivity contribution >= 4 is 0 Å². The number of nitrogens with zero attached hydrogens (tertiary/aromatic N) is 2. The second kappa shape index (κ2) is 6.55. The van der Waals surface area contributed by atoms with Crippen LogP contribution in [0.2, 0.25) is 0 Å². The fourth-order valence-electron chi connectivity index (χ4n) is 3.79. The molecule has 2 rings (SSSR count). The Morgan fingerprint density at radius 2 is 2.11 bits per heavy atom. The summed E-state index contributed by atoms with van der Waals surface area (Å²) in [5, 5.41) is 3.62. The summed E-state index contributed by atoms with van der Waals surface area (Å²) in [5.74, 6) is 0.927. The summed E-state index contributed by atoms with van der Waals surface area (Å²) in [6, 6.07) is 0.776. The summed E-state index contributed by atoms with van der Waals surface area (Å²) in [6.07, 6.45) is 6.81. The number of nitrogens with one attached hydrogen (secondary N) is 1. The van der Waals surface area contributed by atoms with Gasteiger partial charge in [-0.3, -0.25) is 0 Å². The highest BCUT2D eigenvalue weighted by Crippen LogP contribution is 2.24. The molecule has 0 amide bonds. The second-order valence-corrected chi connectivity index (χ2v) is 7.50. The zero-order chi connectivity index (χ0) is 13.9.